The Balaban J connectivity index is 1.95. The van der Waals surface area contributed by atoms with Gasteiger partial charge in [0.25, 0.3) is 5.91 Å². The normalized spacial score (nSPS) is 9.91. The first-order valence-electron chi connectivity index (χ1n) is 6.70. The molecule has 5 nitrogen and oxygen atoms in total. The van der Waals surface area contributed by atoms with Crippen LogP contribution in [0.1, 0.15) is 10.4 Å². The fraction of sp³-hybridized carbons (Fsp3) is 0.125. The van der Waals surface area contributed by atoms with Crippen molar-refractivity contribution in [3.8, 4) is 0 Å². The molecule has 2 rings (SSSR count). The number of hydrogen-bond donors (Lipinski definition) is 3. The molecule has 22 heavy (non-hydrogen) atoms. The number of halogens is 1. The van der Waals surface area contributed by atoms with Crippen molar-refractivity contribution < 1.29 is 9.59 Å². The van der Waals surface area contributed by atoms with Gasteiger partial charge in [0.2, 0.25) is 5.91 Å². The number of amides is 2. The summed E-state index contributed by atoms with van der Waals surface area (Å²) in [5.74, 6) is -0.382. The zero-order valence-corrected chi connectivity index (χ0v) is 13.6. The molecule has 0 saturated carbocycles. The molecule has 114 valence electrons. The Bertz CT molecular complexity index is 689. The van der Waals surface area contributed by atoms with Crippen LogP contribution in [0.5, 0.6) is 0 Å². The number of carbonyl (C=O) groups excluding carboxylic acids is 2. The van der Waals surface area contributed by atoms with E-state index in [2.05, 4.69) is 31.9 Å². The number of nitrogens with one attached hydrogen (secondary N) is 3. The third-order valence-electron chi connectivity index (χ3n) is 2.95. The van der Waals surface area contributed by atoms with Gasteiger partial charge in [-0.2, -0.15) is 0 Å². The zero-order chi connectivity index (χ0) is 15.9. The quantitative estimate of drug-likeness (QED) is 0.766. The van der Waals surface area contributed by atoms with E-state index < -0.39 is 0 Å². The smallest absolute Gasteiger partial charge is 0.251 e. The summed E-state index contributed by atoms with van der Waals surface area (Å²) in [5, 5.41) is 8.34. The highest BCUT2D eigenvalue weighted by Crippen LogP contribution is 2.20. The van der Waals surface area contributed by atoms with E-state index in [0.717, 1.165) is 10.2 Å². The van der Waals surface area contributed by atoms with Crippen LogP contribution in [0.3, 0.4) is 0 Å². The largest absolute Gasteiger partial charge is 0.375 e. The summed E-state index contributed by atoms with van der Waals surface area (Å²) in [6.45, 7) is 0.132. The maximum Gasteiger partial charge on any atom is 0.251 e. The Morgan fingerprint density at radius 2 is 1.86 bits per heavy atom. The van der Waals surface area contributed by atoms with Crippen LogP contribution < -0.4 is 16.0 Å². The highest BCUT2D eigenvalue weighted by molar-refractivity contribution is 9.10. The molecule has 0 bridgehead atoms. The lowest BCUT2D eigenvalue weighted by Gasteiger charge is -2.10. The van der Waals surface area contributed by atoms with Crippen LogP contribution in [0.15, 0.2) is 53.0 Å². The average Bonchev–Trinajstić information content (AvgIpc) is 2.53. The van der Waals surface area contributed by atoms with Gasteiger partial charge in [-0.05, 0) is 46.3 Å². The molecule has 0 aliphatic heterocycles. The lowest BCUT2D eigenvalue weighted by molar-refractivity contribution is -0.114. The standard InChI is InChI=1S/C16H16BrN3O2/c1-18-16(22)11-5-4-6-12(9-11)20-15(21)10-19-14-8-3-2-7-13(14)17/h2-9,19H,10H2,1H3,(H,18,22)(H,20,21). The third-order valence-corrected chi connectivity index (χ3v) is 3.64. The second-order valence-corrected chi connectivity index (χ2v) is 5.40. The number of rotatable bonds is 5. The van der Waals surface area contributed by atoms with E-state index in [1.54, 1.807) is 31.3 Å². The lowest BCUT2D eigenvalue weighted by atomic mass is 10.2. The monoisotopic (exact) mass is 361 g/mol. The molecule has 0 heterocycles. The highest BCUT2D eigenvalue weighted by Gasteiger charge is 2.07. The van der Waals surface area contributed by atoms with E-state index in [1.165, 1.54) is 0 Å². The van der Waals surface area contributed by atoms with Gasteiger partial charge in [0, 0.05) is 28.5 Å². The van der Waals surface area contributed by atoms with Gasteiger partial charge in [0.15, 0.2) is 0 Å². The van der Waals surface area contributed by atoms with Gasteiger partial charge in [-0.15, -0.1) is 0 Å². The van der Waals surface area contributed by atoms with Crippen LogP contribution in [0, 0.1) is 0 Å². The highest BCUT2D eigenvalue weighted by atomic mass is 79.9. The Kier molecular flexibility index (Phi) is 5.55. The molecule has 0 spiro atoms. The van der Waals surface area contributed by atoms with Gasteiger partial charge in [-0.1, -0.05) is 18.2 Å². The molecule has 0 aromatic heterocycles. The van der Waals surface area contributed by atoms with Crippen molar-refractivity contribution in [3.63, 3.8) is 0 Å². The van der Waals surface area contributed by atoms with Crippen LogP contribution in [-0.2, 0) is 4.79 Å². The Labute approximate surface area is 137 Å². The van der Waals surface area contributed by atoms with Gasteiger partial charge in [-0.25, -0.2) is 0 Å². The zero-order valence-electron chi connectivity index (χ0n) is 12.0. The van der Waals surface area contributed by atoms with Crippen molar-refractivity contribution in [1.29, 1.82) is 0 Å². The van der Waals surface area contributed by atoms with Crippen molar-refractivity contribution in [2.24, 2.45) is 0 Å². The molecule has 0 unspecified atom stereocenters. The number of benzene rings is 2. The minimum Gasteiger partial charge on any atom is -0.375 e. The molecule has 2 aromatic carbocycles. The lowest BCUT2D eigenvalue weighted by Crippen LogP contribution is -2.22. The minimum absolute atomic E-state index is 0.132. The SMILES string of the molecule is CNC(=O)c1cccc(NC(=O)CNc2ccccc2Br)c1. The molecule has 0 aliphatic rings. The van der Waals surface area contributed by atoms with Gasteiger partial charge >= 0.3 is 0 Å². The van der Waals surface area contributed by atoms with E-state index in [9.17, 15) is 9.59 Å². The topological polar surface area (TPSA) is 70.2 Å². The first-order chi connectivity index (χ1) is 10.6. The summed E-state index contributed by atoms with van der Waals surface area (Å²) >= 11 is 3.41. The molecular weight excluding hydrogens is 346 g/mol. The summed E-state index contributed by atoms with van der Waals surface area (Å²) in [6.07, 6.45) is 0. The molecule has 6 heteroatoms. The number of para-hydroxylation sites is 1. The predicted molar refractivity (Wildman–Crippen MR) is 91.1 cm³/mol. The van der Waals surface area contributed by atoms with E-state index >= 15 is 0 Å². The maximum atomic E-state index is 12.0. The summed E-state index contributed by atoms with van der Waals surface area (Å²) in [7, 11) is 1.56. The number of carbonyl (C=O) groups is 2. The molecule has 0 fully saturated rings. The first kappa shape index (κ1) is 16.0. The summed E-state index contributed by atoms with van der Waals surface area (Å²) in [4.78, 5) is 23.5. The summed E-state index contributed by atoms with van der Waals surface area (Å²) < 4.78 is 0.893. The van der Waals surface area contributed by atoms with E-state index in [4.69, 9.17) is 0 Å². The van der Waals surface area contributed by atoms with Crippen LogP contribution in [0.25, 0.3) is 0 Å². The van der Waals surface area contributed by atoms with Crippen molar-refractivity contribution in [2.45, 2.75) is 0 Å². The van der Waals surface area contributed by atoms with Gasteiger partial charge in [-0.3, -0.25) is 9.59 Å². The second-order valence-electron chi connectivity index (χ2n) is 4.54. The molecule has 2 amide bonds. The van der Waals surface area contributed by atoms with Crippen LogP contribution >= 0.6 is 15.9 Å². The second kappa shape index (κ2) is 7.61. The molecule has 3 N–H and O–H groups in total. The molecule has 2 aromatic rings. The average molecular weight is 362 g/mol. The van der Waals surface area contributed by atoms with Crippen molar-refractivity contribution in [1.82, 2.24) is 5.32 Å². The third kappa shape index (κ3) is 4.33. The predicted octanol–water partition coefficient (Wildman–Crippen LogP) is 2.86. The molecule has 0 radical (unpaired) electrons. The molecule has 0 aliphatic carbocycles. The molecule has 0 atom stereocenters. The van der Waals surface area contributed by atoms with Gasteiger partial charge in [0.05, 0.1) is 6.54 Å². The number of anilines is 2. The van der Waals surface area contributed by atoms with Crippen molar-refractivity contribution in [3.05, 3.63) is 58.6 Å². The Morgan fingerprint density at radius 1 is 1.09 bits per heavy atom. The Morgan fingerprint density at radius 3 is 2.59 bits per heavy atom. The molecular formula is C16H16BrN3O2. The first-order valence-corrected chi connectivity index (χ1v) is 7.50. The fourth-order valence-electron chi connectivity index (χ4n) is 1.87. The van der Waals surface area contributed by atoms with Crippen LogP contribution in [0.4, 0.5) is 11.4 Å². The minimum atomic E-state index is -0.192. The van der Waals surface area contributed by atoms with Crippen LogP contribution in [0.2, 0.25) is 0 Å². The van der Waals surface area contributed by atoms with Gasteiger partial charge in [0.1, 0.15) is 0 Å². The van der Waals surface area contributed by atoms with E-state index in [-0.39, 0.29) is 18.4 Å². The Hall–Kier alpha value is -2.34. The van der Waals surface area contributed by atoms with Crippen molar-refractivity contribution in [2.75, 3.05) is 24.2 Å². The van der Waals surface area contributed by atoms with E-state index in [1.807, 2.05) is 24.3 Å². The van der Waals surface area contributed by atoms with Crippen LogP contribution in [-0.4, -0.2) is 25.4 Å². The maximum absolute atomic E-state index is 12.0. The van der Waals surface area contributed by atoms with Gasteiger partial charge < -0.3 is 16.0 Å². The molecule has 0 saturated heterocycles. The summed E-state index contributed by atoms with van der Waals surface area (Å²) in [5.41, 5.74) is 1.93. The summed E-state index contributed by atoms with van der Waals surface area (Å²) in [6, 6.07) is 14.3. The fourth-order valence-corrected chi connectivity index (χ4v) is 2.29. The number of hydrogen-bond acceptors (Lipinski definition) is 3. The van der Waals surface area contributed by atoms with Crippen molar-refractivity contribution >= 4 is 39.1 Å². The van der Waals surface area contributed by atoms with E-state index in [0.29, 0.717) is 11.3 Å².